The molecule has 0 saturated carbocycles. The van der Waals surface area contributed by atoms with E-state index in [9.17, 15) is 14.9 Å². The second kappa shape index (κ2) is 9.73. The van der Waals surface area contributed by atoms with Crippen molar-refractivity contribution in [2.24, 2.45) is 0 Å². The number of carbonyl (C=O) groups is 1. The molecule has 1 aliphatic heterocycles. The van der Waals surface area contributed by atoms with E-state index in [2.05, 4.69) is 17.0 Å². The number of nitro benzene ring substituents is 1. The van der Waals surface area contributed by atoms with Gasteiger partial charge in [-0.25, -0.2) is 0 Å². The van der Waals surface area contributed by atoms with Crippen molar-refractivity contribution in [2.45, 2.75) is 13.3 Å². The zero-order valence-electron chi connectivity index (χ0n) is 16.5. The van der Waals surface area contributed by atoms with Gasteiger partial charge in [-0.2, -0.15) is 0 Å². The zero-order valence-corrected chi connectivity index (χ0v) is 16.5. The van der Waals surface area contributed by atoms with Crippen molar-refractivity contribution in [3.8, 4) is 5.75 Å². The highest BCUT2D eigenvalue weighted by molar-refractivity contribution is 5.92. The average Bonchev–Trinajstić information content (AvgIpc) is 2.77. The van der Waals surface area contributed by atoms with Crippen LogP contribution in [-0.4, -0.2) is 48.5 Å². The molecule has 3 rings (SSSR count). The van der Waals surface area contributed by atoms with E-state index < -0.39 is 4.92 Å². The van der Waals surface area contributed by atoms with Crippen molar-refractivity contribution >= 4 is 23.4 Å². The first-order valence-electron chi connectivity index (χ1n) is 9.76. The van der Waals surface area contributed by atoms with Crippen LogP contribution in [0.2, 0.25) is 0 Å². The van der Waals surface area contributed by atoms with Crippen LogP contribution in [0, 0.1) is 10.1 Å². The summed E-state index contributed by atoms with van der Waals surface area (Å²) in [7, 11) is 0. The maximum absolute atomic E-state index is 12.5. The molecular formula is C22H25N3O4. The Morgan fingerprint density at radius 2 is 1.86 bits per heavy atom. The van der Waals surface area contributed by atoms with Crippen molar-refractivity contribution in [3.63, 3.8) is 0 Å². The van der Waals surface area contributed by atoms with Crippen LogP contribution in [0.15, 0.2) is 54.6 Å². The number of ether oxygens (including phenoxy) is 1. The number of rotatable bonds is 7. The summed E-state index contributed by atoms with van der Waals surface area (Å²) in [5.41, 5.74) is 1.66. The molecule has 0 unspecified atom stereocenters. The SMILES string of the molecule is CCCOc1ccc(/C=C/C(=O)N2CCN(c3ccccc3)CC2)cc1[N+](=O)[O-]. The highest BCUT2D eigenvalue weighted by atomic mass is 16.6. The number of hydrogen-bond acceptors (Lipinski definition) is 5. The largest absolute Gasteiger partial charge is 0.487 e. The lowest BCUT2D eigenvalue weighted by molar-refractivity contribution is -0.385. The van der Waals surface area contributed by atoms with Crippen LogP contribution in [0.25, 0.3) is 6.08 Å². The first kappa shape index (κ1) is 20.4. The first-order valence-corrected chi connectivity index (χ1v) is 9.76. The minimum atomic E-state index is -0.465. The molecule has 1 saturated heterocycles. The molecule has 0 aromatic heterocycles. The predicted molar refractivity (Wildman–Crippen MR) is 113 cm³/mol. The molecule has 0 bridgehead atoms. The van der Waals surface area contributed by atoms with Gasteiger partial charge < -0.3 is 14.5 Å². The van der Waals surface area contributed by atoms with E-state index in [-0.39, 0.29) is 17.3 Å². The van der Waals surface area contributed by atoms with Gasteiger partial charge in [0.1, 0.15) is 0 Å². The zero-order chi connectivity index (χ0) is 20.6. The monoisotopic (exact) mass is 395 g/mol. The lowest BCUT2D eigenvalue weighted by Crippen LogP contribution is -2.48. The number of anilines is 1. The third-order valence-electron chi connectivity index (χ3n) is 4.77. The molecule has 7 heteroatoms. The predicted octanol–water partition coefficient (Wildman–Crippen LogP) is 3.75. The fourth-order valence-electron chi connectivity index (χ4n) is 3.21. The first-order chi connectivity index (χ1) is 14.1. The van der Waals surface area contributed by atoms with Gasteiger partial charge in [-0.05, 0) is 36.3 Å². The van der Waals surface area contributed by atoms with Crippen molar-refractivity contribution < 1.29 is 14.5 Å². The summed E-state index contributed by atoms with van der Waals surface area (Å²) < 4.78 is 5.42. The third kappa shape index (κ3) is 5.34. The van der Waals surface area contributed by atoms with Gasteiger partial charge in [0.05, 0.1) is 11.5 Å². The summed E-state index contributed by atoms with van der Waals surface area (Å²) in [6, 6.07) is 14.9. The number of piperazine rings is 1. The van der Waals surface area contributed by atoms with Crippen molar-refractivity contribution in [1.29, 1.82) is 0 Å². The molecule has 7 nitrogen and oxygen atoms in total. The van der Waals surface area contributed by atoms with Crippen LogP contribution in [0.1, 0.15) is 18.9 Å². The topological polar surface area (TPSA) is 75.9 Å². The van der Waals surface area contributed by atoms with Crippen LogP contribution >= 0.6 is 0 Å². The number of para-hydroxylation sites is 1. The van der Waals surface area contributed by atoms with E-state index in [4.69, 9.17) is 4.74 Å². The smallest absolute Gasteiger partial charge is 0.311 e. The maximum atomic E-state index is 12.5. The van der Waals surface area contributed by atoms with Crippen LogP contribution in [0.3, 0.4) is 0 Å². The fraction of sp³-hybridized carbons (Fsp3) is 0.318. The lowest BCUT2D eigenvalue weighted by atomic mass is 10.1. The molecule has 1 amide bonds. The Kier molecular flexibility index (Phi) is 6.84. The minimum Gasteiger partial charge on any atom is -0.487 e. The van der Waals surface area contributed by atoms with E-state index in [0.717, 1.165) is 25.2 Å². The van der Waals surface area contributed by atoms with Crippen molar-refractivity contribution in [1.82, 2.24) is 4.90 Å². The van der Waals surface area contributed by atoms with Crippen molar-refractivity contribution in [3.05, 3.63) is 70.3 Å². The molecular weight excluding hydrogens is 370 g/mol. The minimum absolute atomic E-state index is 0.0910. The molecule has 1 aliphatic rings. The average molecular weight is 395 g/mol. The number of hydrogen-bond donors (Lipinski definition) is 0. The fourth-order valence-corrected chi connectivity index (χ4v) is 3.21. The van der Waals surface area contributed by atoms with E-state index in [1.165, 1.54) is 12.1 Å². The Hall–Kier alpha value is -3.35. The van der Waals surface area contributed by atoms with Gasteiger partial charge in [-0.15, -0.1) is 0 Å². The Bertz CT molecular complexity index is 875. The van der Waals surface area contributed by atoms with Gasteiger partial charge >= 0.3 is 5.69 Å². The quantitative estimate of drug-likeness (QED) is 0.405. The standard InChI is InChI=1S/C22H25N3O4/c1-2-16-29-21-10-8-18(17-20(21)25(27)28)9-11-22(26)24-14-12-23(13-15-24)19-6-4-3-5-7-19/h3-11,17H,2,12-16H2,1H3/b11-9+. The molecule has 1 fully saturated rings. The molecule has 0 atom stereocenters. The van der Waals surface area contributed by atoms with Crippen LogP contribution in [0.4, 0.5) is 11.4 Å². The molecule has 1 heterocycles. The second-order valence-electron chi connectivity index (χ2n) is 6.81. The van der Waals surface area contributed by atoms with E-state index in [0.29, 0.717) is 25.3 Å². The summed E-state index contributed by atoms with van der Waals surface area (Å²) in [4.78, 5) is 27.4. The summed E-state index contributed by atoms with van der Waals surface area (Å²) in [6.07, 6.45) is 3.86. The van der Waals surface area contributed by atoms with Crippen molar-refractivity contribution in [2.75, 3.05) is 37.7 Å². The summed E-state index contributed by atoms with van der Waals surface area (Å²) in [6.45, 7) is 5.19. The molecule has 2 aromatic carbocycles. The maximum Gasteiger partial charge on any atom is 0.311 e. The van der Waals surface area contributed by atoms with Gasteiger partial charge in [0.15, 0.2) is 5.75 Å². The Morgan fingerprint density at radius 1 is 1.14 bits per heavy atom. The lowest BCUT2D eigenvalue weighted by Gasteiger charge is -2.35. The third-order valence-corrected chi connectivity index (χ3v) is 4.77. The molecule has 29 heavy (non-hydrogen) atoms. The van der Waals surface area contributed by atoms with Gasteiger partial charge in [0, 0.05) is 44.0 Å². The molecule has 0 radical (unpaired) electrons. The molecule has 0 N–H and O–H groups in total. The number of benzene rings is 2. The molecule has 0 aliphatic carbocycles. The van der Waals surface area contributed by atoms with E-state index in [1.807, 2.05) is 25.1 Å². The van der Waals surface area contributed by atoms with E-state index >= 15 is 0 Å². The highest BCUT2D eigenvalue weighted by Gasteiger charge is 2.20. The normalized spacial score (nSPS) is 14.2. The molecule has 152 valence electrons. The van der Waals surface area contributed by atoms with Crippen LogP contribution in [-0.2, 0) is 4.79 Å². The highest BCUT2D eigenvalue weighted by Crippen LogP contribution is 2.28. The summed E-state index contributed by atoms with van der Waals surface area (Å²) in [5, 5.41) is 11.3. The number of nitro groups is 1. The van der Waals surface area contributed by atoms with Gasteiger partial charge in [0.25, 0.3) is 0 Å². The van der Waals surface area contributed by atoms with Gasteiger partial charge in [-0.3, -0.25) is 14.9 Å². The number of nitrogens with zero attached hydrogens (tertiary/aromatic N) is 3. The van der Waals surface area contributed by atoms with E-state index in [1.54, 1.807) is 23.1 Å². The second-order valence-corrected chi connectivity index (χ2v) is 6.81. The van der Waals surface area contributed by atoms with Gasteiger partial charge in [-0.1, -0.05) is 31.2 Å². The number of carbonyl (C=O) groups excluding carboxylic acids is 1. The summed E-state index contributed by atoms with van der Waals surface area (Å²) in [5.74, 6) is 0.157. The number of amides is 1. The Balaban J connectivity index is 1.60. The molecule has 0 spiro atoms. The Morgan fingerprint density at radius 3 is 2.52 bits per heavy atom. The van der Waals surface area contributed by atoms with Crippen LogP contribution < -0.4 is 9.64 Å². The molecule has 2 aromatic rings. The Labute approximate surface area is 170 Å². The van der Waals surface area contributed by atoms with Crippen LogP contribution in [0.5, 0.6) is 5.75 Å². The summed E-state index contributed by atoms with van der Waals surface area (Å²) >= 11 is 0. The van der Waals surface area contributed by atoms with Gasteiger partial charge in [0.2, 0.25) is 5.91 Å².